The minimum absolute atomic E-state index is 0.00171. The van der Waals surface area contributed by atoms with E-state index in [1.165, 1.54) is 38.5 Å². The summed E-state index contributed by atoms with van der Waals surface area (Å²) in [6, 6.07) is 9.96. The number of esters is 1. The first-order chi connectivity index (χ1) is 11.3. The van der Waals surface area contributed by atoms with Crippen LogP contribution in [0.4, 0.5) is 0 Å². The van der Waals surface area contributed by atoms with Gasteiger partial charge in [0.2, 0.25) is 0 Å². The summed E-state index contributed by atoms with van der Waals surface area (Å²) >= 11 is 0. The molecule has 0 saturated heterocycles. The average molecular weight is 319 g/mol. The van der Waals surface area contributed by atoms with E-state index in [1.54, 1.807) is 0 Å². The third-order valence-electron chi connectivity index (χ3n) is 4.37. The quantitative estimate of drug-likeness (QED) is 0.316. The van der Waals surface area contributed by atoms with Crippen LogP contribution < -0.4 is 0 Å². The minimum atomic E-state index is 0.00171. The number of hydrogen-bond donors (Lipinski definition) is 0. The van der Waals surface area contributed by atoms with Gasteiger partial charge in [-0.25, -0.2) is 0 Å². The Balaban J connectivity index is 2.39. The Morgan fingerprint density at radius 2 is 1.43 bits per heavy atom. The van der Waals surface area contributed by atoms with Gasteiger partial charge in [-0.2, -0.15) is 0 Å². The molecule has 0 aliphatic heterocycles. The lowest BCUT2D eigenvalue weighted by molar-refractivity contribution is -0.150. The lowest BCUT2D eigenvalue weighted by Crippen LogP contribution is -2.18. The van der Waals surface area contributed by atoms with Gasteiger partial charge in [-0.15, -0.1) is 0 Å². The second kappa shape index (κ2) is 13.2. The van der Waals surface area contributed by atoms with Crippen molar-refractivity contribution < 1.29 is 9.53 Å². The summed E-state index contributed by atoms with van der Waals surface area (Å²) < 4.78 is 5.57. The van der Waals surface area contributed by atoms with Crippen LogP contribution in [0.25, 0.3) is 0 Å². The summed E-state index contributed by atoms with van der Waals surface area (Å²) in [5.74, 6) is 0.0919. The molecule has 0 saturated carbocycles. The fourth-order valence-electron chi connectivity index (χ4n) is 2.86. The van der Waals surface area contributed by atoms with Gasteiger partial charge in [0.1, 0.15) is 6.61 Å². The van der Waals surface area contributed by atoms with Gasteiger partial charge >= 0.3 is 5.97 Å². The fourth-order valence-corrected chi connectivity index (χ4v) is 2.86. The summed E-state index contributed by atoms with van der Waals surface area (Å²) in [7, 11) is 0. The molecule has 0 aliphatic rings. The predicted octanol–water partition coefficient (Wildman–Crippen LogP) is 6.29. The fraction of sp³-hybridized carbons (Fsp3) is 0.667. The van der Waals surface area contributed by atoms with Crippen LogP contribution in [0.5, 0.6) is 0 Å². The molecule has 2 nitrogen and oxygen atoms in total. The number of rotatable bonds is 13. The molecule has 0 aromatic heterocycles. The molecule has 0 bridgehead atoms. The molecular formula is C21H34O2. The Labute approximate surface area is 142 Å². The average Bonchev–Trinajstić information content (AvgIpc) is 2.59. The van der Waals surface area contributed by atoms with Gasteiger partial charge in [0.05, 0.1) is 5.92 Å². The highest BCUT2D eigenvalue weighted by Gasteiger charge is 2.19. The second-order valence-electron chi connectivity index (χ2n) is 6.49. The molecule has 1 rings (SSSR count). The van der Waals surface area contributed by atoms with Crippen LogP contribution >= 0.6 is 0 Å². The van der Waals surface area contributed by atoms with Crippen molar-refractivity contribution in [2.75, 3.05) is 0 Å². The van der Waals surface area contributed by atoms with E-state index >= 15 is 0 Å². The molecule has 2 heteroatoms. The molecule has 0 aliphatic carbocycles. The highest BCUT2D eigenvalue weighted by molar-refractivity contribution is 5.72. The van der Waals surface area contributed by atoms with E-state index in [9.17, 15) is 4.79 Å². The van der Waals surface area contributed by atoms with E-state index in [1.807, 2.05) is 30.3 Å². The van der Waals surface area contributed by atoms with Crippen molar-refractivity contribution in [2.45, 2.75) is 84.7 Å². The molecule has 0 fully saturated rings. The lowest BCUT2D eigenvalue weighted by atomic mass is 9.94. The Morgan fingerprint density at radius 1 is 0.870 bits per heavy atom. The second-order valence-corrected chi connectivity index (χ2v) is 6.49. The molecular weight excluding hydrogens is 284 g/mol. The Kier molecular flexibility index (Phi) is 11.3. The maximum absolute atomic E-state index is 12.4. The largest absolute Gasteiger partial charge is 0.461 e. The maximum atomic E-state index is 12.4. The van der Waals surface area contributed by atoms with Crippen molar-refractivity contribution in [3.05, 3.63) is 35.9 Å². The van der Waals surface area contributed by atoms with Gasteiger partial charge in [0, 0.05) is 0 Å². The Morgan fingerprint density at radius 3 is 1.96 bits per heavy atom. The smallest absolute Gasteiger partial charge is 0.309 e. The minimum Gasteiger partial charge on any atom is -0.461 e. The van der Waals surface area contributed by atoms with Crippen LogP contribution in [-0.4, -0.2) is 5.97 Å². The standard InChI is InChI=1S/C21H34O2/c1-3-5-7-12-16-20(17-13-8-6-4-2)21(22)23-18-19-14-10-9-11-15-19/h9-11,14-15,20H,3-8,12-13,16-18H2,1-2H3. The van der Waals surface area contributed by atoms with Crippen LogP contribution in [-0.2, 0) is 16.1 Å². The summed E-state index contributed by atoms with van der Waals surface area (Å²) in [5.41, 5.74) is 1.07. The van der Waals surface area contributed by atoms with Crippen molar-refractivity contribution in [2.24, 2.45) is 5.92 Å². The van der Waals surface area contributed by atoms with Gasteiger partial charge in [0.15, 0.2) is 0 Å². The van der Waals surface area contributed by atoms with Crippen molar-refractivity contribution in [1.29, 1.82) is 0 Å². The molecule has 0 atom stereocenters. The van der Waals surface area contributed by atoms with Gasteiger partial charge in [-0.3, -0.25) is 4.79 Å². The summed E-state index contributed by atoms with van der Waals surface area (Å²) in [6.07, 6.45) is 11.7. The van der Waals surface area contributed by atoms with E-state index in [-0.39, 0.29) is 11.9 Å². The van der Waals surface area contributed by atoms with Crippen LogP contribution in [0.3, 0.4) is 0 Å². The van der Waals surface area contributed by atoms with Crippen LogP contribution in [0.1, 0.15) is 83.6 Å². The molecule has 0 unspecified atom stereocenters. The number of carbonyl (C=O) groups is 1. The highest BCUT2D eigenvalue weighted by Crippen LogP contribution is 2.20. The van der Waals surface area contributed by atoms with Crippen molar-refractivity contribution in [3.8, 4) is 0 Å². The van der Waals surface area contributed by atoms with Crippen LogP contribution in [0.15, 0.2) is 30.3 Å². The first-order valence-corrected chi connectivity index (χ1v) is 9.48. The van der Waals surface area contributed by atoms with E-state index in [2.05, 4.69) is 13.8 Å². The van der Waals surface area contributed by atoms with Crippen molar-refractivity contribution in [1.82, 2.24) is 0 Å². The number of benzene rings is 1. The molecule has 0 heterocycles. The molecule has 0 amide bonds. The predicted molar refractivity (Wildman–Crippen MR) is 97.2 cm³/mol. The van der Waals surface area contributed by atoms with Crippen molar-refractivity contribution >= 4 is 5.97 Å². The van der Waals surface area contributed by atoms with E-state index < -0.39 is 0 Å². The zero-order chi connectivity index (χ0) is 16.8. The van der Waals surface area contributed by atoms with Gasteiger partial charge in [-0.1, -0.05) is 95.5 Å². The zero-order valence-electron chi connectivity index (χ0n) is 15.1. The highest BCUT2D eigenvalue weighted by atomic mass is 16.5. The molecule has 0 radical (unpaired) electrons. The SMILES string of the molecule is CCCCCCC(CCCCCC)C(=O)OCc1ccccc1. The monoisotopic (exact) mass is 318 g/mol. The number of carbonyl (C=O) groups excluding carboxylic acids is 1. The molecule has 1 aromatic rings. The third kappa shape index (κ3) is 9.43. The van der Waals surface area contributed by atoms with Gasteiger partial charge in [0.25, 0.3) is 0 Å². The van der Waals surface area contributed by atoms with Gasteiger partial charge < -0.3 is 4.74 Å². The van der Waals surface area contributed by atoms with Crippen molar-refractivity contribution in [3.63, 3.8) is 0 Å². The topological polar surface area (TPSA) is 26.3 Å². The number of unbranched alkanes of at least 4 members (excludes halogenated alkanes) is 6. The van der Waals surface area contributed by atoms with E-state index in [0.29, 0.717) is 6.61 Å². The normalized spacial score (nSPS) is 10.9. The summed E-state index contributed by atoms with van der Waals surface area (Å²) in [5, 5.41) is 0. The molecule has 1 aromatic carbocycles. The Bertz CT molecular complexity index is 388. The molecule has 23 heavy (non-hydrogen) atoms. The van der Waals surface area contributed by atoms with Crippen LogP contribution in [0, 0.1) is 5.92 Å². The molecule has 0 N–H and O–H groups in total. The lowest BCUT2D eigenvalue weighted by Gasteiger charge is -2.16. The van der Waals surface area contributed by atoms with E-state index in [0.717, 1.165) is 31.2 Å². The first kappa shape index (κ1) is 19.7. The summed E-state index contributed by atoms with van der Waals surface area (Å²) in [4.78, 5) is 12.4. The summed E-state index contributed by atoms with van der Waals surface area (Å²) in [6.45, 7) is 4.84. The Hall–Kier alpha value is -1.31. The number of hydrogen-bond acceptors (Lipinski definition) is 2. The van der Waals surface area contributed by atoms with Crippen LogP contribution in [0.2, 0.25) is 0 Å². The van der Waals surface area contributed by atoms with Gasteiger partial charge in [-0.05, 0) is 18.4 Å². The first-order valence-electron chi connectivity index (χ1n) is 9.48. The third-order valence-corrected chi connectivity index (χ3v) is 4.37. The maximum Gasteiger partial charge on any atom is 0.309 e. The number of ether oxygens (including phenoxy) is 1. The zero-order valence-corrected chi connectivity index (χ0v) is 15.1. The molecule has 0 spiro atoms. The van der Waals surface area contributed by atoms with E-state index in [4.69, 9.17) is 4.74 Å². The molecule has 130 valence electrons.